The first kappa shape index (κ1) is 23.0. The van der Waals surface area contributed by atoms with Crippen LogP contribution in [0.2, 0.25) is 0 Å². The predicted octanol–water partition coefficient (Wildman–Crippen LogP) is 4.62. The van der Waals surface area contributed by atoms with E-state index in [9.17, 15) is 4.79 Å². The van der Waals surface area contributed by atoms with Crippen molar-refractivity contribution in [3.8, 4) is 22.9 Å². The molecule has 10 heteroatoms. The van der Waals surface area contributed by atoms with Gasteiger partial charge in [-0.2, -0.15) is 5.10 Å². The van der Waals surface area contributed by atoms with Crippen molar-refractivity contribution >= 4 is 23.5 Å². The van der Waals surface area contributed by atoms with Crippen molar-refractivity contribution in [1.29, 1.82) is 0 Å². The molecule has 4 aromatic rings. The van der Waals surface area contributed by atoms with Gasteiger partial charge >= 0.3 is 0 Å². The summed E-state index contributed by atoms with van der Waals surface area (Å²) in [5.74, 6) is 2.73. The van der Waals surface area contributed by atoms with Gasteiger partial charge in [-0.15, -0.1) is 10.2 Å². The Balaban J connectivity index is 1.40. The van der Waals surface area contributed by atoms with Crippen molar-refractivity contribution in [2.75, 3.05) is 12.1 Å². The number of thioether (sulfide) groups is 1. The molecule has 1 aliphatic heterocycles. The number of hydrogen-bond donors (Lipinski definition) is 1. The summed E-state index contributed by atoms with van der Waals surface area (Å²) in [6, 6.07) is 17.7. The van der Waals surface area contributed by atoms with Crippen LogP contribution in [0.4, 0.5) is 5.82 Å². The minimum absolute atomic E-state index is 0.128. The average molecular weight is 491 g/mol. The van der Waals surface area contributed by atoms with Gasteiger partial charge in [0.05, 0.1) is 18.0 Å². The van der Waals surface area contributed by atoms with Crippen molar-refractivity contribution < 1.29 is 14.3 Å². The number of carbonyl (C=O) groups excluding carboxylic acids is 1. The van der Waals surface area contributed by atoms with E-state index >= 15 is 0 Å². The van der Waals surface area contributed by atoms with Crippen LogP contribution in [0.3, 0.4) is 0 Å². The minimum atomic E-state index is -0.408. The zero-order chi connectivity index (χ0) is 24.4. The number of carbonyl (C=O) groups is 1. The first-order valence-corrected chi connectivity index (χ1v) is 12.3. The van der Waals surface area contributed by atoms with Crippen molar-refractivity contribution in [1.82, 2.24) is 24.5 Å². The molecule has 1 atom stereocenters. The number of rotatable bonds is 8. The van der Waals surface area contributed by atoms with Crippen LogP contribution in [-0.4, -0.2) is 42.5 Å². The summed E-state index contributed by atoms with van der Waals surface area (Å²) < 4.78 is 14.8. The number of aromatic nitrogens is 5. The van der Waals surface area contributed by atoms with Crippen LogP contribution >= 0.6 is 11.8 Å². The number of amides is 1. The van der Waals surface area contributed by atoms with Crippen LogP contribution in [0, 0.1) is 0 Å². The van der Waals surface area contributed by atoms with E-state index in [2.05, 4.69) is 20.6 Å². The average Bonchev–Trinajstić information content (AvgIpc) is 3.60. The van der Waals surface area contributed by atoms with Crippen LogP contribution in [0.25, 0.3) is 11.4 Å². The van der Waals surface area contributed by atoms with Gasteiger partial charge in [-0.1, -0.05) is 48.2 Å². The van der Waals surface area contributed by atoms with Gasteiger partial charge in [-0.3, -0.25) is 9.36 Å². The highest BCUT2D eigenvalue weighted by Gasteiger charge is 2.23. The first-order valence-electron chi connectivity index (χ1n) is 11.4. The summed E-state index contributed by atoms with van der Waals surface area (Å²) in [5, 5.41) is 16.4. The molecule has 1 amide bonds. The molecule has 0 aliphatic carbocycles. The van der Waals surface area contributed by atoms with Gasteiger partial charge < -0.3 is 14.8 Å². The summed E-state index contributed by atoms with van der Waals surface area (Å²) in [5.41, 5.74) is 1.97. The maximum absolute atomic E-state index is 13.0. The van der Waals surface area contributed by atoms with Crippen molar-refractivity contribution in [2.45, 2.75) is 43.8 Å². The predicted molar refractivity (Wildman–Crippen MR) is 134 cm³/mol. The molecule has 2 aromatic carbocycles. The summed E-state index contributed by atoms with van der Waals surface area (Å²) in [7, 11) is 0. The van der Waals surface area contributed by atoms with Gasteiger partial charge in [0.15, 0.2) is 22.5 Å². The van der Waals surface area contributed by atoms with E-state index in [0.29, 0.717) is 17.5 Å². The van der Waals surface area contributed by atoms with Gasteiger partial charge in [0.1, 0.15) is 5.82 Å². The standard InChI is InChI=1S/C25H26N6O3S/c1-16(2)31-22(11-12-26-31)27-24(32)17(3)35-25-29-28-23(19-7-5-4-6-8-19)30(25)14-18-9-10-20-21(13-18)34-15-33-20/h4-13,16-17H,14-15H2,1-3H3,(H,27,32)/t17-/m0/s1. The van der Waals surface area contributed by atoms with Gasteiger partial charge in [0, 0.05) is 17.7 Å². The highest BCUT2D eigenvalue weighted by atomic mass is 32.2. The molecule has 5 rings (SSSR count). The Hall–Kier alpha value is -3.79. The summed E-state index contributed by atoms with van der Waals surface area (Å²) in [6.45, 7) is 6.64. The Morgan fingerprint density at radius 2 is 1.86 bits per heavy atom. The topological polar surface area (TPSA) is 96.1 Å². The lowest BCUT2D eigenvalue weighted by Gasteiger charge is -2.16. The Morgan fingerprint density at radius 1 is 1.06 bits per heavy atom. The maximum Gasteiger partial charge on any atom is 0.238 e. The SMILES string of the molecule is CC(C)n1nccc1NC(=O)[C@H](C)Sc1nnc(-c2ccccc2)n1Cc1ccc2c(c1)OCO2. The van der Waals surface area contributed by atoms with E-state index in [1.165, 1.54) is 11.8 Å². The number of ether oxygens (including phenoxy) is 2. The lowest BCUT2D eigenvalue weighted by Crippen LogP contribution is -2.25. The number of nitrogens with one attached hydrogen (secondary N) is 1. The fraction of sp³-hybridized carbons (Fsp3) is 0.280. The molecule has 0 radical (unpaired) electrons. The molecule has 9 nitrogen and oxygen atoms in total. The zero-order valence-electron chi connectivity index (χ0n) is 19.7. The Bertz CT molecular complexity index is 1330. The summed E-state index contributed by atoms with van der Waals surface area (Å²) in [6.07, 6.45) is 1.68. The Kier molecular flexibility index (Phi) is 6.45. The second-order valence-electron chi connectivity index (χ2n) is 8.45. The van der Waals surface area contributed by atoms with E-state index in [4.69, 9.17) is 9.47 Å². The summed E-state index contributed by atoms with van der Waals surface area (Å²) in [4.78, 5) is 13.0. The Labute approximate surface area is 207 Å². The molecular formula is C25H26N6O3S. The third-order valence-corrected chi connectivity index (χ3v) is 6.67. The molecular weight excluding hydrogens is 464 g/mol. The van der Waals surface area contributed by atoms with Gasteiger partial charge in [0.25, 0.3) is 0 Å². The molecule has 1 N–H and O–H groups in total. The van der Waals surface area contributed by atoms with E-state index in [1.807, 2.05) is 73.9 Å². The van der Waals surface area contributed by atoms with Crippen LogP contribution in [-0.2, 0) is 11.3 Å². The highest BCUT2D eigenvalue weighted by Crippen LogP contribution is 2.34. The van der Waals surface area contributed by atoms with Gasteiger partial charge in [-0.25, -0.2) is 4.68 Å². The van der Waals surface area contributed by atoms with Crippen LogP contribution in [0.1, 0.15) is 32.4 Å². The van der Waals surface area contributed by atoms with Crippen molar-refractivity contribution in [2.24, 2.45) is 0 Å². The lowest BCUT2D eigenvalue weighted by atomic mass is 10.2. The van der Waals surface area contributed by atoms with E-state index in [0.717, 1.165) is 28.5 Å². The third-order valence-electron chi connectivity index (χ3n) is 5.59. The van der Waals surface area contributed by atoms with E-state index < -0.39 is 5.25 Å². The summed E-state index contributed by atoms with van der Waals surface area (Å²) >= 11 is 1.37. The van der Waals surface area contributed by atoms with Crippen molar-refractivity contribution in [3.05, 3.63) is 66.4 Å². The number of hydrogen-bond acceptors (Lipinski definition) is 7. The third kappa shape index (κ3) is 4.88. The number of nitrogens with zero attached hydrogens (tertiary/aromatic N) is 5. The van der Waals surface area contributed by atoms with Crippen LogP contribution in [0.5, 0.6) is 11.5 Å². The first-order chi connectivity index (χ1) is 17.0. The van der Waals surface area contributed by atoms with Gasteiger partial charge in [-0.05, 0) is 38.5 Å². The van der Waals surface area contributed by atoms with E-state index in [-0.39, 0.29) is 18.7 Å². The molecule has 0 saturated carbocycles. The molecule has 0 fully saturated rings. The fourth-order valence-corrected chi connectivity index (χ4v) is 4.65. The van der Waals surface area contributed by atoms with Crippen molar-refractivity contribution in [3.63, 3.8) is 0 Å². The molecule has 3 heterocycles. The van der Waals surface area contributed by atoms with E-state index in [1.54, 1.807) is 16.9 Å². The molecule has 180 valence electrons. The molecule has 35 heavy (non-hydrogen) atoms. The zero-order valence-corrected chi connectivity index (χ0v) is 20.5. The second-order valence-corrected chi connectivity index (χ2v) is 9.76. The fourth-order valence-electron chi connectivity index (χ4n) is 3.81. The lowest BCUT2D eigenvalue weighted by molar-refractivity contribution is -0.115. The maximum atomic E-state index is 13.0. The quantitative estimate of drug-likeness (QED) is 0.360. The molecule has 0 spiro atoms. The smallest absolute Gasteiger partial charge is 0.238 e. The number of benzene rings is 2. The monoisotopic (exact) mass is 490 g/mol. The normalized spacial score (nSPS) is 13.3. The molecule has 0 bridgehead atoms. The Morgan fingerprint density at radius 3 is 2.66 bits per heavy atom. The van der Waals surface area contributed by atoms with Crippen LogP contribution < -0.4 is 14.8 Å². The molecule has 0 unspecified atom stereocenters. The molecule has 1 aliphatic rings. The second kappa shape index (κ2) is 9.83. The number of fused-ring (bicyclic) bond motifs is 1. The molecule has 2 aromatic heterocycles. The molecule has 0 saturated heterocycles. The number of anilines is 1. The largest absolute Gasteiger partial charge is 0.454 e. The minimum Gasteiger partial charge on any atom is -0.454 e. The van der Waals surface area contributed by atoms with Gasteiger partial charge in [0.2, 0.25) is 12.7 Å². The van der Waals surface area contributed by atoms with Crippen LogP contribution in [0.15, 0.2) is 66.0 Å². The highest BCUT2D eigenvalue weighted by molar-refractivity contribution is 8.00.